The number of para-hydroxylation sites is 2. The van der Waals surface area contributed by atoms with Crippen molar-refractivity contribution in [1.29, 1.82) is 0 Å². The summed E-state index contributed by atoms with van der Waals surface area (Å²) in [6, 6.07) is 16.5. The van der Waals surface area contributed by atoms with Crippen molar-refractivity contribution in [2.24, 2.45) is 0 Å². The number of carboxylic acids is 2. The number of imidazole rings is 1. The number of aliphatic carboxylic acids is 2. The summed E-state index contributed by atoms with van der Waals surface area (Å²) in [5.41, 5.74) is 3.53. The largest absolute Gasteiger partial charge is 0.481 e. The van der Waals surface area contributed by atoms with Crippen LogP contribution in [0, 0.1) is 0 Å². The first-order valence-corrected chi connectivity index (χ1v) is 10.1. The highest BCUT2D eigenvalue weighted by Gasteiger charge is 2.17. The third-order valence-corrected chi connectivity index (χ3v) is 5.11. The molecule has 1 fully saturated rings. The predicted molar refractivity (Wildman–Crippen MR) is 115 cm³/mol. The second-order valence-electron chi connectivity index (χ2n) is 7.18. The number of likely N-dealkylation sites (tertiary alicyclic amines) is 1. The molecule has 1 aliphatic rings. The number of hydrogen-bond donors (Lipinski definition) is 2. The molecule has 4 rings (SSSR count). The Morgan fingerprint density at radius 2 is 1.57 bits per heavy atom. The van der Waals surface area contributed by atoms with Crippen molar-refractivity contribution in [1.82, 2.24) is 14.5 Å². The van der Waals surface area contributed by atoms with E-state index in [0.717, 1.165) is 29.5 Å². The Morgan fingerprint density at radius 3 is 2.17 bits per heavy atom. The number of aromatic nitrogens is 2. The number of nitrogens with zero attached hydrogens (tertiary/aromatic N) is 3. The lowest BCUT2D eigenvalue weighted by Crippen LogP contribution is -2.21. The quantitative estimate of drug-likeness (QED) is 0.577. The molecule has 8 heteroatoms. The molecule has 0 amide bonds. The van der Waals surface area contributed by atoms with Gasteiger partial charge in [0, 0.05) is 11.6 Å². The number of carbonyl (C=O) groups is 2. The SMILES string of the molecule is Clc1ccc(Cn2c(CN3CCCC3)nc3ccccc32)cc1.O=C(O)CC(=O)O. The summed E-state index contributed by atoms with van der Waals surface area (Å²) in [6.45, 7) is 4.14. The Balaban J connectivity index is 0.000000318. The van der Waals surface area contributed by atoms with Crippen molar-refractivity contribution in [2.45, 2.75) is 32.4 Å². The van der Waals surface area contributed by atoms with E-state index in [1.807, 2.05) is 12.1 Å². The summed E-state index contributed by atoms with van der Waals surface area (Å²) in [6.07, 6.45) is 1.80. The second-order valence-corrected chi connectivity index (χ2v) is 7.61. The van der Waals surface area contributed by atoms with E-state index >= 15 is 0 Å². The van der Waals surface area contributed by atoms with Gasteiger partial charge in [0.05, 0.1) is 17.6 Å². The summed E-state index contributed by atoms with van der Waals surface area (Å²) in [7, 11) is 0. The van der Waals surface area contributed by atoms with Gasteiger partial charge in [0.25, 0.3) is 0 Å². The number of benzene rings is 2. The first-order chi connectivity index (χ1) is 14.4. The molecular weight excluding hydrogens is 406 g/mol. The van der Waals surface area contributed by atoms with Gasteiger partial charge in [-0.15, -0.1) is 0 Å². The van der Waals surface area contributed by atoms with Gasteiger partial charge in [-0.25, -0.2) is 4.98 Å². The number of rotatable bonds is 6. The standard InChI is InChI=1S/C19H20ClN3.C3H4O4/c20-16-9-7-15(8-10-16)13-23-18-6-2-1-5-17(18)21-19(23)14-22-11-3-4-12-22;4-2(5)1-3(6)7/h1-2,5-10H,3-4,11-14H2;1H2,(H,4,5)(H,6,7). The van der Waals surface area contributed by atoms with E-state index in [4.69, 9.17) is 26.8 Å². The van der Waals surface area contributed by atoms with Crippen LogP contribution >= 0.6 is 11.6 Å². The zero-order chi connectivity index (χ0) is 21.5. The van der Waals surface area contributed by atoms with Crippen LogP contribution in [0.3, 0.4) is 0 Å². The monoisotopic (exact) mass is 429 g/mol. The van der Waals surface area contributed by atoms with Gasteiger partial charge in [-0.05, 0) is 55.8 Å². The predicted octanol–water partition coefficient (Wildman–Crippen LogP) is 3.88. The van der Waals surface area contributed by atoms with Gasteiger partial charge in [0.15, 0.2) is 0 Å². The third-order valence-electron chi connectivity index (χ3n) is 4.85. The van der Waals surface area contributed by atoms with Crippen molar-refractivity contribution in [3.63, 3.8) is 0 Å². The van der Waals surface area contributed by atoms with Crippen LogP contribution in [0.15, 0.2) is 48.5 Å². The maximum atomic E-state index is 9.43. The van der Waals surface area contributed by atoms with E-state index in [0.29, 0.717) is 0 Å². The molecule has 1 saturated heterocycles. The fourth-order valence-electron chi connectivity index (χ4n) is 3.47. The average molecular weight is 430 g/mol. The van der Waals surface area contributed by atoms with E-state index in [2.05, 4.69) is 45.9 Å². The Kier molecular flexibility index (Phi) is 7.43. The summed E-state index contributed by atoms with van der Waals surface area (Å²) in [4.78, 5) is 26.2. The highest BCUT2D eigenvalue weighted by molar-refractivity contribution is 6.30. The van der Waals surface area contributed by atoms with E-state index < -0.39 is 18.4 Å². The van der Waals surface area contributed by atoms with Crippen LogP contribution in [0.25, 0.3) is 11.0 Å². The van der Waals surface area contributed by atoms with Gasteiger partial charge in [0.1, 0.15) is 12.2 Å². The third kappa shape index (κ3) is 6.05. The van der Waals surface area contributed by atoms with Crippen molar-refractivity contribution >= 4 is 34.6 Å². The molecule has 0 atom stereocenters. The average Bonchev–Trinajstić information content (AvgIpc) is 3.32. The molecule has 2 aromatic carbocycles. The maximum Gasteiger partial charge on any atom is 0.314 e. The fraction of sp³-hybridized carbons (Fsp3) is 0.318. The molecule has 1 aliphatic heterocycles. The summed E-state index contributed by atoms with van der Waals surface area (Å²) in [5.74, 6) is -1.47. The van der Waals surface area contributed by atoms with E-state index in [-0.39, 0.29) is 0 Å². The minimum Gasteiger partial charge on any atom is -0.481 e. The molecule has 30 heavy (non-hydrogen) atoms. The number of hydrogen-bond acceptors (Lipinski definition) is 4. The van der Waals surface area contributed by atoms with Crippen molar-refractivity contribution < 1.29 is 19.8 Å². The summed E-state index contributed by atoms with van der Waals surface area (Å²) >= 11 is 6.01. The zero-order valence-electron chi connectivity index (χ0n) is 16.5. The maximum absolute atomic E-state index is 9.43. The van der Waals surface area contributed by atoms with Crippen LogP contribution in [0.1, 0.15) is 30.7 Å². The summed E-state index contributed by atoms with van der Waals surface area (Å²) < 4.78 is 2.34. The second kappa shape index (κ2) is 10.2. The van der Waals surface area contributed by atoms with E-state index in [1.54, 1.807) is 0 Å². The molecule has 3 aromatic rings. The topological polar surface area (TPSA) is 95.7 Å². The van der Waals surface area contributed by atoms with Crippen molar-refractivity contribution in [3.05, 3.63) is 64.9 Å². The molecule has 0 radical (unpaired) electrons. The number of fused-ring (bicyclic) bond motifs is 1. The Labute approximate surface area is 179 Å². The number of halogens is 1. The van der Waals surface area contributed by atoms with Crippen molar-refractivity contribution in [2.75, 3.05) is 13.1 Å². The van der Waals surface area contributed by atoms with Gasteiger partial charge in [-0.3, -0.25) is 14.5 Å². The van der Waals surface area contributed by atoms with Gasteiger partial charge < -0.3 is 14.8 Å². The van der Waals surface area contributed by atoms with Crippen molar-refractivity contribution in [3.8, 4) is 0 Å². The molecular formula is C22H24ClN3O4. The Hall–Kier alpha value is -2.90. The summed E-state index contributed by atoms with van der Waals surface area (Å²) in [5, 5.41) is 16.2. The van der Waals surface area contributed by atoms with Crippen LogP contribution in [0.4, 0.5) is 0 Å². The van der Waals surface area contributed by atoms with Crippen LogP contribution < -0.4 is 0 Å². The molecule has 0 saturated carbocycles. The molecule has 0 spiro atoms. The minimum atomic E-state index is -1.31. The van der Waals surface area contributed by atoms with Crippen LogP contribution in [-0.2, 0) is 22.7 Å². The van der Waals surface area contributed by atoms with Crippen LogP contribution in [-0.4, -0.2) is 49.7 Å². The lowest BCUT2D eigenvalue weighted by atomic mass is 10.2. The smallest absolute Gasteiger partial charge is 0.314 e. The molecule has 158 valence electrons. The molecule has 0 aliphatic carbocycles. The molecule has 7 nitrogen and oxygen atoms in total. The first kappa shape index (κ1) is 21.8. The normalized spacial score (nSPS) is 13.8. The highest BCUT2D eigenvalue weighted by Crippen LogP contribution is 2.21. The van der Waals surface area contributed by atoms with Gasteiger partial charge in [-0.2, -0.15) is 0 Å². The lowest BCUT2D eigenvalue weighted by molar-refractivity contribution is -0.147. The van der Waals surface area contributed by atoms with Gasteiger partial charge in [-0.1, -0.05) is 35.9 Å². The van der Waals surface area contributed by atoms with E-state index in [1.165, 1.54) is 37.0 Å². The Bertz CT molecular complexity index is 999. The van der Waals surface area contributed by atoms with Gasteiger partial charge in [0.2, 0.25) is 0 Å². The number of carboxylic acid groups (broad SMARTS) is 2. The van der Waals surface area contributed by atoms with Crippen LogP contribution in [0.2, 0.25) is 5.02 Å². The fourth-order valence-corrected chi connectivity index (χ4v) is 3.59. The molecule has 0 unspecified atom stereocenters. The molecule has 2 N–H and O–H groups in total. The van der Waals surface area contributed by atoms with E-state index in [9.17, 15) is 9.59 Å². The Morgan fingerprint density at radius 1 is 0.933 bits per heavy atom. The lowest BCUT2D eigenvalue weighted by Gasteiger charge is -2.16. The first-order valence-electron chi connectivity index (χ1n) is 9.77. The highest BCUT2D eigenvalue weighted by atomic mass is 35.5. The molecule has 0 bridgehead atoms. The molecule has 2 heterocycles. The minimum absolute atomic E-state index is 0.779. The molecule has 1 aromatic heterocycles. The zero-order valence-corrected chi connectivity index (χ0v) is 17.3. The van der Waals surface area contributed by atoms with Crippen LogP contribution in [0.5, 0.6) is 0 Å². The van der Waals surface area contributed by atoms with Gasteiger partial charge >= 0.3 is 11.9 Å².